The number of thioether (sulfide) groups is 1. The lowest BCUT2D eigenvalue weighted by Crippen LogP contribution is -2.21. The van der Waals surface area contributed by atoms with Crippen LogP contribution in [0, 0.1) is 0 Å². The van der Waals surface area contributed by atoms with Crippen molar-refractivity contribution in [2.75, 3.05) is 11.1 Å². The molecule has 0 saturated carbocycles. The molecule has 1 aromatic carbocycles. The van der Waals surface area contributed by atoms with Gasteiger partial charge in [0.25, 0.3) is 0 Å². The number of carbonyl (C=O) groups is 2. The van der Waals surface area contributed by atoms with E-state index in [-0.39, 0.29) is 11.0 Å². The average molecular weight is 309 g/mol. The smallest absolute Gasteiger partial charge is 0.224 e. The van der Waals surface area contributed by atoms with Crippen molar-refractivity contribution in [2.45, 2.75) is 38.4 Å². The Morgan fingerprint density at radius 2 is 2.14 bits per heavy atom. The molecule has 0 radical (unpaired) electrons. The van der Waals surface area contributed by atoms with Crippen LogP contribution in [0.15, 0.2) is 18.2 Å². The van der Waals surface area contributed by atoms with E-state index in [9.17, 15) is 19.8 Å². The minimum absolute atomic E-state index is 0.00112. The molecule has 0 aromatic heterocycles. The van der Waals surface area contributed by atoms with E-state index < -0.39 is 12.2 Å². The number of hydrogen-bond donors (Lipinski definition) is 3. The molecule has 0 saturated heterocycles. The van der Waals surface area contributed by atoms with Gasteiger partial charge in [-0.1, -0.05) is 23.9 Å². The van der Waals surface area contributed by atoms with Crippen molar-refractivity contribution < 1.29 is 19.8 Å². The van der Waals surface area contributed by atoms with Crippen LogP contribution in [0.2, 0.25) is 0 Å². The summed E-state index contributed by atoms with van der Waals surface area (Å²) in [5.74, 6) is 0.478. The van der Waals surface area contributed by atoms with Crippen LogP contribution in [-0.4, -0.2) is 33.1 Å². The lowest BCUT2D eigenvalue weighted by molar-refractivity contribution is -0.116. The molecule has 2 atom stereocenters. The Morgan fingerprint density at radius 1 is 1.38 bits per heavy atom. The molecular weight excluding hydrogens is 290 g/mol. The first-order chi connectivity index (χ1) is 9.97. The van der Waals surface area contributed by atoms with Gasteiger partial charge >= 0.3 is 0 Å². The molecule has 1 aromatic rings. The van der Waals surface area contributed by atoms with Crippen LogP contribution < -0.4 is 5.32 Å². The molecule has 5 nitrogen and oxygen atoms in total. The van der Waals surface area contributed by atoms with Gasteiger partial charge in [-0.25, -0.2) is 0 Å². The molecule has 1 aliphatic heterocycles. The third kappa shape index (κ3) is 4.30. The molecule has 0 aliphatic carbocycles. The Morgan fingerprint density at radius 3 is 2.86 bits per heavy atom. The van der Waals surface area contributed by atoms with Gasteiger partial charge in [-0.05, 0) is 30.0 Å². The van der Waals surface area contributed by atoms with E-state index in [0.717, 1.165) is 23.0 Å². The number of aliphatic hydroxyl groups is 2. The second-order valence-electron chi connectivity index (χ2n) is 5.11. The summed E-state index contributed by atoms with van der Waals surface area (Å²) in [7, 11) is 0. The van der Waals surface area contributed by atoms with Gasteiger partial charge in [0.15, 0.2) is 5.12 Å². The van der Waals surface area contributed by atoms with E-state index in [1.807, 2.05) is 6.07 Å². The Bertz CT molecular complexity index is 546. The van der Waals surface area contributed by atoms with Crippen LogP contribution in [0.25, 0.3) is 0 Å². The zero-order valence-corrected chi connectivity index (χ0v) is 12.7. The molecule has 0 bridgehead atoms. The number of carbonyl (C=O) groups excluding carboxylic acids is 2. The summed E-state index contributed by atoms with van der Waals surface area (Å²) in [4.78, 5) is 22.1. The van der Waals surface area contributed by atoms with Gasteiger partial charge in [-0.2, -0.15) is 0 Å². The van der Waals surface area contributed by atoms with Crippen LogP contribution in [0.1, 0.15) is 37.0 Å². The van der Waals surface area contributed by atoms with Gasteiger partial charge in [-0.3, -0.25) is 9.59 Å². The number of fused-ring (bicyclic) bond motifs is 1. The number of nitrogens with one attached hydrogen (secondary N) is 1. The highest BCUT2D eigenvalue weighted by Gasteiger charge is 2.21. The summed E-state index contributed by atoms with van der Waals surface area (Å²) >= 11 is 1.14. The highest BCUT2D eigenvalue weighted by atomic mass is 32.2. The first-order valence-electron chi connectivity index (χ1n) is 6.89. The maximum absolute atomic E-state index is 11.3. The van der Waals surface area contributed by atoms with Crippen molar-refractivity contribution in [3.63, 3.8) is 0 Å². The molecule has 2 rings (SSSR count). The van der Waals surface area contributed by atoms with Gasteiger partial charge in [0.1, 0.15) is 6.10 Å². The molecule has 2 unspecified atom stereocenters. The summed E-state index contributed by atoms with van der Waals surface area (Å²) in [5, 5.41) is 22.9. The van der Waals surface area contributed by atoms with Crippen LogP contribution in [0.5, 0.6) is 0 Å². The number of anilines is 1. The maximum atomic E-state index is 11.3. The van der Waals surface area contributed by atoms with Gasteiger partial charge in [-0.15, -0.1) is 0 Å². The molecule has 21 heavy (non-hydrogen) atoms. The largest absolute Gasteiger partial charge is 0.390 e. The van der Waals surface area contributed by atoms with Crippen molar-refractivity contribution in [1.29, 1.82) is 0 Å². The van der Waals surface area contributed by atoms with Crippen molar-refractivity contribution in [3.8, 4) is 0 Å². The van der Waals surface area contributed by atoms with Crippen LogP contribution in [0.3, 0.4) is 0 Å². The summed E-state index contributed by atoms with van der Waals surface area (Å²) < 4.78 is 0. The highest BCUT2D eigenvalue weighted by Crippen LogP contribution is 2.28. The van der Waals surface area contributed by atoms with Gasteiger partial charge < -0.3 is 15.5 Å². The zero-order chi connectivity index (χ0) is 15.4. The standard InChI is InChI=1S/C15H19NO4S/c1-9(17)21-7-6-13(18)15(20)11-2-4-12-10(8-11)3-5-14(19)16-12/h2,4,8,13,15,18,20H,3,5-7H2,1H3,(H,16,19). The first-order valence-corrected chi connectivity index (χ1v) is 7.88. The lowest BCUT2D eigenvalue weighted by atomic mass is 9.96. The highest BCUT2D eigenvalue weighted by molar-refractivity contribution is 8.13. The maximum Gasteiger partial charge on any atom is 0.224 e. The quantitative estimate of drug-likeness (QED) is 0.769. The summed E-state index contributed by atoms with van der Waals surface area (Å²) in [6.07, 6.45) is -0.477. The Kier molecular flexibility index (Phi) is 5.39. The predicted molar refractivity (Wildman–Crippen MR) is 82.1 cm³/mol. The SMILES string of the molecule is CC(=O)SCCC(O)C(O)c1ccc2c(c1)CCC(=O)N2. The van der Waals surface area contributed by atoms with Gasteiger partial charge in [0.05, 0.1) is 6.10 Å². The molecule has 1 amide bonds. The monoisotopic (exact) mass is 309 g/mol. The van der Waals surface area contributed by atoms with Crippen LogP contribution in [-0.2, 0) is 16.0 Å². The molecular formula is C15H19NO4S. The van der Waals surface area contributed by atoms with Crippen molar-refractivity contribution in [1.82, 2.24) is 0 Å². The Balaban J connectivity index is 2.00. The number of aliphatic hydroxyl groups excluding tert-OH is 2. The fraction of sp³-hybridized carbons (Fsp3) is 0.467. The average Bonchev–Trinajstić information content (AvgIpc) is 2.45. The molecule has 1 heterocycles. The van der Waals surface area contributed by atoms with E-state index in [0.29, 0.717) is 30.6 Å². The first kappa shape index (κ1) is 16.0. The minimum Gasteiger partial charge on any atom is -0.390 e. The fourth-order valence-corrected chi connectivity index (χ4v) is 2.94. The number of amides is 1. The third-order valence-electron chi connectivity index (χ3n) is 3.45. The number of rotatable bonds is 5. The van der Waals surface area contributed by atoms with E-state index in [1.54, 1.807) is 12.1 Å². The molecule has 6 heteroatoms. The van der Waals surface area contributed by atoms with Crippen molar-refractivity contribution in [2.24, 2.45) is 0 Å². The van der Waals surface area contributed by atoms with Gasteiger partial charge in [0, 0.05) is 24.8 Å². The fourth-order valence-electron chi connectivity index (χ4n) is 2.29. The normalized spacial score (nSPS) is 16.8. The summed E-state index contributed by atoms with van der Waals surface area (Å²) in [6, 6.07) is 5.28. The van der Waals surface area contributed by atoms with Crippen molar-refractivity contribution >= 4 is 28.5 Å². The van der Waals surface area contributed by atoms with E-state index in [4.69, 9.17) is 0 Å². The summed E-state index contributed by atoms with van der Waals surface area (Å²) in [6.45, 7) is 1.48. The second kappa shape index (κ2) is 7.06. The van der Waals surface area contributed by atoms with Crippen molar-refractivity contribution in [3.05, 3.63) is 29.3 Å². The molecule has 114 valence electrons. The van der Waals surface area contributed by atoms with E-state index >= 15 is 0 Å². The topological polar surface area (TPSA) is 86.6 Å². The lowest BCUT2D eigenvalue weighted by Gasteiger charge is -2.22. The molecule has 1 aliphatic rings. The Hall–Kier alpha value is -1.37. The Labute approximate surface area is 127 Å². The summed E-state index contributed by atoms with van der Waals surface area (Å²) in [5.41, 5.74) is 2.37. The van der Waals surface area contributed by atoms with E-state index in [1.165, 1.54) is 6.92 Å². The molecule has 0 spiro atoms. The third-order valence-corrected chi connectivity index (χ3v) is 4.30. The van der Waals surface area contributed by atoms with Gasteiger partial charge in [0.2, 0.25) is 5.91 Å². The predicted octanol–water partition coefficient (Wildman–Crippen LogP) is 1.64. The second-order valence-corrected chi connectivity index (χ2v) is 6.38. The van der Waals surface area contributed by atoms with E-state index in [2.05, 4.69) is 5.32 Å². The molecule has 0 fully saturated rings. The molecule has 3 N–H and O–H groups in total. The minimum atomic E-state index is -0.986. The number of hydrogen-bond acceptors (Lipinski definition) is 5. The zero-order valence-electron chi connectivity index (χ0n) is 11.8. The van der Waals surface area contributed by atoms with Crippen LogP contribution >= 0.6 is 11.8 Å². The number of benzene rings is 1. The number of aryl methyl sites for hydroxylation is 1. The van der Waals surface area contributed by atoms with Crippen LogP contribution in [0.4, 0.5) is 5.69 Å².